The topological polar surface area (TPSA) is 72.2 Å². The summed E-state index contributed by atoms with van der Waals surface area (Å²) in [4.78, 5) is 0.183. The summed E-state index contributed by atoms with van der Waals surface area (Å²) in [5.41, 5.74) is 5.24. The largest absolute Gasteiger partial charge is 0.392 e. The fraction of sp³-hybridized carbons (Fsp3) is 0.889. The summed E-state index contributed by atoms with van der Waals surface area (Å²) in [5, 5.41) is 0. The zero-order chi connectivity index (χ0) is 11.3. The van der Waals surface area contributed by atoms with Crippen LogP contribution in [0.25, 0.3) is 0 Å². The highest BCUT2D eigenvalue weighted by atomic mass is 32.2. The first-order valence-electron chi connectivity index (χ1n) is 5.25. The highest BCUT2D eigenvalue weighted by Crippen LogP contribution is 2.24. The van der Waals surface area contributed by atoms with Gasteiger partial charge in [-0.1, -0.05) is 31.5 Å². The van der Waals surface area contributed by atoms with Crippen LogP contribution in [0.5, 0.6) is 0 Å². The molecule has 0 saturated heterocycles. The maximum Gasteiger partial charge on any atom is 0.212 e. The number of thiocarbonyl (C=S) groups is 1. The first kappa shape index (κ1) is 12.9. The Bertz CT molecular complexity index is 308. The van der Waals surface area contributed by atoms with E-state index in [-0.39, 0.29) is 17.3 Å². The monoisotopic (exact) mass is 250 g/mol. The van der Waals surface area contributed by atoms with Crippen LogP contribution in [0.2, 0.25) is 0 Å². The predicted molar refractivity (Wildman–Crippen MR) is 65.1 cm³/mol. The smallest absolute Gasteiger partial charge is 0.212 e. The molecular formula is C9H18N2O2S2. The molecule has 0 aromatic rings. The van der Waals surface area contributed by atoms with Crippen LogP contribution in [0.3, 0.4) is 0 Å². The van der Waals surface area contributed by atoms with Crippen LogP contribution in [0.1, 0.15) is 32.1 Å². The van der Waals surface area contributed by atoms with Crippen LogP contribution < -0.4 is 10.5 Å². The molecule has 1 aliphatic carbocycles. The number of nitrogens with two attached hydrogens (primary N) is 1. The van der Waals surface area contributed by atoms with Crippen LogP contribution in [-0.2, 0) is 10.0 Å². The Morgan fingerprint density at radius 3 is 2.47 bits per heavy atom. The predicted octanol–water partition coefficient (Wildman–Crippen LogP) is 0.772. The van der Waals surface area contributed by atoms with Crippen LogP contribution in [0.15, 0.2) is 0 Å². The van der Waals surface area contributed by atoms with Crippen LogP contribution in [0, 0.1) is 5.92 Å². The molecule has 0 bridgehead atoms. The molecule has 1 rings (SSSR count). The van der Waals surface area contributed by atoms with Crippen LogP contribution in [0.4, 0.5) is 0 Å². The zero-order valence-corrected chi connectivity index (χ0v) is 10.4. The van der Waals surface area contributed by atoms with Gasteiger partial charge in [0.15, 0.2) is 0 Å². The summed E-state index contributed by atoms with van der Waals surface area (Å²) in [5.74, 6) is 0.526. The number of sulfonamides is 1. The molecule has 1 saturated carbocycles. The Labute approximate surface area is 96.7 Å². The standard InChI is InChI=1S/C9H18N2O2S2/c10-9(14)6-11-15(12,13)7-8-4-2-1-3-5-8/h8,11H,1-7H2,(H2,10,14). The molecule has 88 valence electrons. The molecule has 3 N–H and O–H groups in total. The minimum Gasteiger partial charge on any atom is -0.392 e. The molecular weight excluding hydrogens is 232 g/mol. The summed E-state index contributed by atoms with van der Waals surface area (Å²) in [6.45, 7) is 0.0738. The molecule has 0 aliphatic heterocycles. The summed E-state index contributed by atoms with van der Waals surface area (Å²) >= 11 is 4.62. The number of hydrogen-bond donors (Lipinski definition) is 2. The SMILES string of the molecule is NC(=S)CNS(=O)(=O)CC1CCCCC1. The van der Waals surface area contributed by atoms with Crippen LogP contribution in [-0.4, -0.2) is 25.7 Å². The minimum absolute atomic E-state index is 0.0738. The van der Waals surface area contributed by atoms with Crippen molar-refractivity contribution < 1.29 is 8.42 Å². The third kappa shape index (κ3) is 5.44. The van der Waals surface area contributed by atoms with Crippen molar-refractivity contribution in [2.24, 2.45) is 11.7 Å². The summed E-state index contributed by atoms with van der Waals surface area (Å²) in [6.07, 6.45) is 5.57. The fourth-order valence-electron chi connectivity index (χ4n) is 1.90. The Hall–Kier alpha value is -0.200. The van der Waals surface area contributed by atoms with E-state index in [0.29, 0.717) is 5.92 Å². The normalized spacial score (nSPS) is 18.9. The van der Waals surface area contributed by atoms with Gasteiger partial charge in [0.2, 0.25) is 10.0 Å². The molecule has 0 radical (unpaired) electrons. The van der Waals surface area contributed by atoms with E-state index in [9.17, 15) is 8.42 Å². The van der Waals surface area contributed by atoms with Crippen molar-refractivity contribution in [1.29, 1.82) is 0 Å². The van der Waals surface area contributed by atoms with Crippen molar-refractivity contribution in [3.63, 3.8) is 0 Å². The molecule has 15 heavy (non-hydrogen) atoms. The van der Waals surface area contributed by atoms with E-state index in [2.05, 4.69) is 16.9 Å². The van der Waals surface area contributed by atoms with Gasteiger partial charge in [-0.3, -0.25) is 0 Å². The molecule has 0 atom stereocenters. The van der Waals surface area contributed by atoms with E-state index in [1.54, 1.807) is 0 Å². The van der Waals surface area contributed by atoms with Crippen molar-refractivity contribution in [3.8, 4) is 0 Å². The number of nitrogens with one attached hydrogen (secondary N) is 1. The van der Waals surface area contributed by atoms with Gasteiger partial charge in [-0.05, 0) is 18.8 Å². The van der Waals surface area contributed by atoms with E-state index in [0.717, 1.165) is 25.7 Å². The van der Waals surface area contributed by atoms with Crippen molar-refractivity contribution in [2.45, 2.75) is 32.1 Å². The average Bonchev–Trinajstić information content (AvgIpc) is 2.16. The lowest BCUT2D eigenvalue weighted by atomic mass is 9.91. The Balaban J connectivity index is 2.37. The van der Waals surface area contributed by atoms with Crippen molar-refractivity contribution in [2.75, 3.05) is 12.3 Å². The third-order valence-corrected chi connectivity index (χ3v) is 4.28. The molecule has 0 aromatic heterocycles. The molecule has 0 unspecified atom stereocenters. The Kier molecular flexibility index (Phi) is 4.95. The highest BCUT2D eigenvalue weighted by molar-refractivity contribution is 7.89. The molecule has 0 amide bonds. The van der Waals surface area contributed by atoms with Gasteiger partial charge in [0.05, 0.1) is 17.3 Å². The lowest BCUT2D eigenvalue weighted by Crippen LogP contribution is -2.36. The van der Waals surface area contributed by atoms with E-state index in [1.807, 2.05) is 0 Å². The quantitative estimate of drug-likeness (QED) is 0.707. The first-order chi connectivity index (χ1) is 6.99. The second-order valence-corrected chi connectivity index (χ2v) is 6.45. The van der Waals surface area contributed by atoms with Gasteiger partial charge < -0.3 is 5.73 Å². The molecule has 1 fully saturated rings. The van der Waals surface area contributed by atoms with Gasteiger partial charge in [-0.2, -0.15) is 0 Å². The minimum atomic E-state index is -3.19. The van der Waals surface area contributed by atoms with E-state index < -0.39 is 10.0 Å². The maximum atomic E-state index is 11.6. The van der Waals surface area contributed by atoms with E-state index >= 15 is 0 Å². The summed E-state index contributed by atoms with van der Waals surface area (Å²) < 4.78 is 25.6. The second-order valence-electron chi connectivity index (χ2n) is 4.07. The van der Waals surface area contributed by atoms with Gasteiger partial charge in [0.1, 0.15) is 0 Å². The molecule has 6 heteroatoms. The summed E-state index contributed by atoms with van der Waals surface area (Å²) in [6, 6.07) is 0. The van der Waals surface area contributed by atoms with E-state index in [4.69, 9.17) is 5.73 Å². The van der Waals surface area contributed by atoms with Gasteiger partial charge in [-0.25, -0.2) is 13.1 Å². The van der Waals surface area contributed by atoms with Gasteiger partial charge >= 0.3 is 0 Å². The number of rotatable bonds is 5. The Morgan fingerprint density at radius 2 is 1.93 bits per heavy atom. The van der Waals surface area contributed by atoms with Gasteiger partial charge in [0, 0.05) is 0 Å². The number of hydrogen-bond acceptors (Lipinski definition) is 3. The van der Waals surface area contributed by atoms with Gasteiger partial charge in [0.25, 0.3) is 0 Å². The van der Waals surface area contributed by atoms with Crippen LogP contribution >= 0.6 is 12.2 Å². The van der Waals surface area contributed by atoms with E-state index in [1.165, 1.54) is 6.42 Å². The zero-order valence-electron chi connectivity index (χ0n) is 8.74. The highest BCUT2D eigenvalue weighted by Gasteiger charge is 2.20. The van der Waals surface area contributed by atoms with Crippen molar-refractivity contribution in [3.05, 3.63) is 0 Å². The maximum absolute atomic E-state index is 11.6. The first-order valence-corrected chi connectivity index (χ1v) is 7.31. The van der Waals surface area contributed by atoms with Crippen molar-refractivity contribution >= 4 is 27.2 Å². The lowest BCUT2D eigenvalue weighted by Gasteiger charge is -2.21. The lowest BCUT2D eigenvalue weighted by molar-refractivity contribution is 0.384. The molecule has 0 heterocycles. The molecule has 0 spiro atoms. The second kappa shape index (κ2) is 5.77. The average molecular weight is 250 g/mol. The summed E-state index contributed by atoms with van der Waals surface area (Å²) in [7, 11) is -3.19. The molecule has 4 nitrogen and oxygen atoms in total. The fourth-order valence-corrected chi connectivity index (χ4v) is 3.51. The molecule has 0 aromatic carbocycles. The Morgan fingerprint density at radius 1 is 1.33 bits per heavy atom. The molecule has 1 aliphatic rings. The van der Waals surface area contributed by atoms with Crippen molar-refractivity contribution in [1.82, 2.24) is 4.72 Å². The van der Waals surface area contributed by atoms with Gasteiger partial charge in [-0.15, -0.1) is 0 Å². The third-order valence-electron chi connectivity index (χ3n) is 2.65.